The predicted molar refractivity (Wildman–Crippen MR) is 72.9 cm³/mol. The van der Waals surface area contributed by atoms with Gasteiger partial charge in [0, 0.05) is 38.5 Å². The normalized spacial score (nSPS) is 18.8. The molecule has 1 aromatic rings. The quantitative estimate of drug-likeness (QED) is 0.806. The van der Waals surface area contributed by atoms with E-state index in [9.17, 15) is 4.79 Å². The number of carbonyl (C=O) groups is 1. The summed E-state index contributed by atoms with van der Waals surface area (Å²) < 4.78 is 7.37. The highest BCUT2D eigenvalue weighted by molar-refractivity contribution is 5.78. The van der Waals surface area contributed by atoms with Gasteiger partial charge in [0.2, 0.25) is 5.91 Å². The summed E-state index contributed by atoms with van der Waals surface area (Å²) in [6, 6.07) is 0. The Morgan fingerprint density at radius 1 is 1.63 bits per heavy atom. The van der Waals surface area contributed by atoms with Gasteiger partial charge in [0.05, 0.1) is 18.7 Å². The molecule has 5 nitrogen and oxygen atoms in total. The number of amides is 1. The van der Waals surface area contributed by atoms with Gasteiger partial charge in [-0.15, -0.1) is 0 Å². The van der Waals surface area contributed by atoms with Gasteiger partial charge >= 0.3 is 0 Å². The summed E-state index contributed by atoms with van der Waals surface area (Å²) in [5.41, 5.74) is 2.07. The van der Waals surface area contributed by atoms with Gasteiger partial charge in [-0.1, -0.05) is 0 Å². The molecule has 0 radical (unpaired) electrons. The fraction of sp³-hybridized carbons (Fsp3) is 0.714. The number of hydrogen-bond donors (Lipinski definition) is 0. The second-order valence-corrected chi connectivity index (χ2v) is 5.29. The predicted octanol–water partition coefficient (Wildman–Crippen LogP) is 1.30. The molecule has 1 aliphatic rings. The molecule has 2 rings (SSSR count). The Hall–Kier alpha value is -1.36. The van der Waals surface area contributed by atoms with E-state index in [0.717, 1.165) is 43.7 Å². The van der Waals surface area contributed by atoms with Gasteiger partial charge in [-0.2, -0.15) is 5.10 Å². The summed E-state index contributed by atoms with van der Waals surface area (Å²) in [5.74, 6) is 0.147. The first kappa shape index (κ1) is 14.1. The van der Waals surface area contributed by atoms with Crippen molar-refractivity contribution in [2.45, 2.75) is 38.7 Å². The van der Waals surface area contributed by atoms with E-state index in [0.29, 0.717) is 12.5 Å². The molecule has 5 heteroatoms. The minimum Gasteiger partial charge on any atom is -0.378 e. The SMILES string of the molecule is Cc1c(CC(=O)N(C)CCC2CCCO2)cnn1C. The van der Waals surface area contributed by atoms with E-state index in [2.05, 4.69) is 5.10 Å². The summed E-state index contributed by atoms with van der Waals surface area (Å²) in [6.45, 7) is 3.63. The van der Waals surface area contributed by atoms with Gasteiger partial charge in [-0.25, -0.2) is 0 Å². The van der Waals surface area contributed by atoms with Gasteiger partial charge in [0.1, 0.15) is 0 Å². The van der Waals surface area contributed by atoms with E-state index in [1.54, 1.807) is 15.8 Å². The van der Waals surface area contributed by atoms with Crippen LogP contribution in [0.15, 0.2) is 6.20 Å². The lowest BCUT2D eigenvalue weighted by Gasteiger charge is -2.19. The molecule has 0 spiro atoms. The molecule has 1 amide bonds. The number of carbonyl (C=O) groups excluding carboxylic acids is 1. The molecule has 0 bridgehead atoms. The number of rotatable bonds is 5. The number of hydrogen-bond acceptors (Lipinski definition) is 3. The average molecular weight is 265 g/mol. The molecule has 1 saturated heterocycles. The summed E-state index contributed by atoms with van der Waals surface area (Å²) in [5, 5.41) is 4.16. The molecule has 1 fully saturated rings. The van der Waals surface area contributed by atoms with Crippen LogP contribution in [0.25, 0.3) is 0 Å². The number of likely N-dealkylation sites (N-methyl/N-ethyl adjacent to an activating group) is 1. The van der Waals surface area contributed by atoms with Gasteiger partial charge in [0.25, 0.3) is 0 Å². The average Bonchev–Trinajstić information content (AvgIpc) is 3.01. The lowest BCUT2D eigenvalue weighted by atomic mass is 10.1. The largest absolute Gasteiger partial charge is 0.378 e. The van der Waals surface area contributed by atoms with Crippen molar-refractivity contribution < 1.29 is 9.53 Å². The lowest BCUT2D eigenvalue weighted by molar-refractivity contribution is -0.129. The number of aromatic nitrogens is 2. The standard InChI is InChI=1S/C14H23N3O2/c1-11-12(10-15-17(11)3)9-14(18)16(2)7-6-13-5-4-8-19-13/h10,13H,4-9H2,1-3H3. The van der Waals surface area contributed by atoms with Crippen LogP contribution in [0, 0.1) is 6.92 Å². The zero-order valence-corrected chi connectivity index (χ0v) is 12.1. The highest BCUT2D eigenvalue weighted by Gasteiger charge is 2.18. The van der Waals surface area contributed by atoms with Crippen LogP contribution >= 0.6 is 0 Å². The molecule has 0 saturated carbocycles. The van der Waals surface area contributed by atoms with Crippen LogP contribution in [0.1, 0.15) is 30.5 Å². The minimum absolute atomic E-state index is 0.147. The van der Waals surface area contributed by atoms with Crippen molar-refractivity contribution in [3.63, 3.8) is 0 Å². The number of nitrogens with zero attached hydrogens (tertiary/aromatic N) is 3. The highest BCUT2D eigenvalue weighted by atomic mass is 16.5. The summed E-state index contributed by atoms with van der Waals surface area (Å²) >= 11 is 0. The molecule has 1 aromatic heterocycles. The van der Waals surface area contributed by atoms with E-state index < -0.39 is 0 Å². The molecular weight excluding hydrogens is 242 g/mol. The monoisotopic (exact) mass is 265 g/mol. The summed E-state index contributed by atoms with van der Waals surface area (Å²) in [6.07, 6.45) is 5.77. The Labute approximate surface area is 114 Å². The first-order valence-electron chi connectivity index (χ1n) is 6.91. The Kier molecular flexibility index (Phi) is 4.58. The molecule has 106 valence electrons. The van der Waals surface area contributed by atoms with Gasteiger partial charge in [0.15, 0.2) is 0 Å². The van der Waals surface area contributed by atoms with Crippen LogP contribution in [0.5, 0.6) is 0 Å². The van der Waals surface area contributed by atoms with E-state index in [1.165, 1.54) is 0 Å². The molecule has 0 aromatic carbocycles. The highest BCUT2D eigenvalue weighted by Crippen LogP contribution is 2.15. The fourth-order valence-corrected chi connectivity index (χ4v) is 2.35. The van der Waals surface area contributed by atoms with Crippen LogP contribution in [0.4, 0.5) is 0 Å². The van der Waals surface area contributed by atoms with Crippen molar-refractivity contribution in [1.82, 2.24) is 14.7 Å². The zero-order valence-electron chi connectivity index (χ0n) is 12.1. The van der Waals surface area contributed by atoms with Crippen LogP contribution < -0.4 is 0 Å². The molecule has 1 atom stereocenters. The number of aryl methyl sites for hydroxylation is 1. The van der Waals surface area contributed by atoms with E-state index in [4.69, 9.17) is 4.74 Å². The van der Waals surface area contributed by atoms with Crippen molar-refractivity contribution in [3.8, 4) is 0 Å². The third-order valence-electron chi connectivity index (χ3n) is 3.91. The summed E-state index contributed by atoms with van der Waals surface area (Å²) in [7, 11) is 3.76. The fourth-order valence-electron chi connectivity index (χ4n) is 2.35. The third-order valence-corrected chi connectivity index (χ3v) is 3.91. The maximum absolute atomic E-state index is 12.1. The van der Waals surface area contributed by atoms with E-state index in [1.807, 2.05) is 21.0 Å². The van der Waals surface area contributed by atoms with Crippen molar-refractivity contribution in [2.75, 3.05) is 20.2 Å². The molecule has 19 heavy (non-hydrogen) atoms. The Balaban J connectivity index is 1.80. The van der Waals surface area contributed by atoms with Crippen LogP contribution in [-0.2, 0) is 23.0 Å². The minimum atomic E-state index is 0.147. The number of ether oxygens (including phenoxy) is 1. The van der Waals surface area contributed by atoms with Gasteiger partial charge < -0.3 is 9.64 Å². The Morgan fingerprint density at radius 3 is 3.00 bits per heavy atom. The van der Waals surface area contributed by atoms with Crippen molar-refractivity contribution >= 4 is 5.91 Å². The molecule has 0 N–H and O–H groups in total. The van der Waals surface area contributed by atoms with Crippen molar-refractivity contribution in [3.05, 3.63) is 17.5 Å². The van der Waals surface area contributed by atoms with E-state index in [-0.39, 0.29) is 5.91 Å². The second kappa shape index (κ2) is 6.19. The van der Waals surface area contributed by atoms with Crippen LogP contribution in [0.2, 0.25) is 0 Å². The molecule has 0 aliphatic carbocycles. The lowest BCUT2D eigenvalue weighted by Crippen LogP contribution is -2.31. The molecular formula is C14H23N3O2. The Bertz CT molecular complexity index is 436. The van der Waals surface area contributed by atoms with Crippen LogP contribution in [-0.4, -0.2) is 46.9 Å². The molecule has 1 unspecified atom stereocenters. The summed E-state index contributed by atoms with van der Waals surface area (Å²) in [4.78, 5) is 13.9. The zero-order chi connectivity index (χ0) is 13.8. The molecule has 2 heterocycles. The maximum Gasteiger partial charge on any atom is 0.226 e. The Morgan fingerprint density at radius 2 is 2.42 bits per heavy atom. The van der Waals surface area contributed by atoms with E-state index >= 15 is 0 Å². The third kappa shape index (κ3) is 3.56. The van der Waals surface area contributed by atoms with Crippen molar-refractivity contribution in [1.29, 1.82) is 0 Å². The smallest absolute Gasteiger partial charge is 0.226 e. The first-order chi connectivity index (χ1) is 9.08. The first-order valence-corrected chi connectivity index (χ1v) is 6.91. The van der Waals surface area contributed by atoms with Crippen molar-refractivity contribution in [2.24, 2.45) is 7.05 Å². The van der Waals surface area contributed by atoms with Gasteiger partial charge in [-0.3, -0.25) is 9.48 Å². The maximum atomic E-state index is 12.1. The van der Waals surface area contributed by atoms with Gasteiger partial charge in [-0.05, 0) is 26.2 Å². The van der Waals surface area contributed by atoms with Crippen LogP contribution in [0.3, 0.4) is 0 Å². The topological polar surface area (TPSA) is 47.4 Å². The second-order valence-electron chi connectivity index (χ2n) is 5.29. The molecule has 1 aliphatic heterocycles.